The Kier molecular flexibility index (Phi) is 5.29. The van der Waals surface area contributed by atoms with Crippen LogP contribution >= 0.6 is 23.1 Å². The molecule has 3 heterocycles. The van der Waals surface area contributed by atoms with Gasteiger partial charge in [-0.15, -0.1) is 11.3 Å². The average Bonchev–Trinajstić information content (AvgIpc) is 3.31. The molecule has 2 aliphatic heterocycles. The summed E-state index contributed by atoms with van der Waals surface area (Å²) in [5, 5.41) is 6.37. The summed E-state index contributed by atoms with van der Waals surface area (Å²) in [7, 11) is 3.14. The highest BCUT2D eigenvalue weighted by molar-refractivity contribution is 8.05. The van der Waals surface area contributed by atoms with E-state index in [0.29, 0.717) is 22.8 Å². The second-order valence-corrected chi connectivity index (χ2v) is 8.35. The Labute approximate surface area is 170 Å². The molecule has 0 aliphatic carbocycles. The van der Waals surface area contributed by atoms with Crippen LogP contribution in [-0.4, -0.2) is 42.6 Å². The molecular formula is C19H19N3O4S2. The lowest BCUT2D eigenvalue weighted by Gasteiger charge is -2.35. The summed E-state index contributed by atoms with van der Waals surface area (Å²) in [4.78, 5) is 26.9. The molecule has 2 saturated heterocycles. The van der Waals surface area contributed by atoms with Gasteiger partial charge in [0.25, 0.3) is 5.91 Å². The van der Waals surface area contributed by atoms with Crippen LogP contribution in [-0.2, 0) is 16.0 Å². The lowest BCUT2D eigenvalue weighted by atomic mass is 10.0. The molecule has 2 aliphatic rings. The maximum atomic E-state index is 12.7. The number of rotatable bonds is 5. The Balaban J connectivity index is 1.50. The number of carbonyl (C=O) groups is 2. The molecule has 1 aromatic heterocycles. The van der Waals surface area contributed by atoms with E-state index in [1.165, 1.54) is 16.8 Å². The minimum absolute atomic E-state index is 0.138. The van der Waals surface area contributed by atoms with Crippen molar-refractivity contribution in [2.45, 2.75) is 18.0 Å². The predicted molar refractivity (Wildman–Crippen MR) is 109 cm³/mol. The molecule has 2 fully saturated rings. The maximum absolute atomic E-state index is 12.7. The molecule has 0 spiro atoms. The van der Waals surface area contributed by atoms with Crippen molar-refractivity contribution in [1.29, 1.82) is 0 Å². The van der Waals surface area contributed by atoms with Crippen LogP contribution in [0.4, 0.5) is 0 Å². The topological polar surface area (TPSA) is 79.9 Å². The molecule has 2 unspecified atom stereocenters. The number of thiophene rings is 1. The highest BCUT2D eigenvalue weighted by atomic mass is 32.2. The first kappa shape index (κ1) is 18.9. The molecule has 0 saturated carbocycles. The number of amides is 2. The van der Waals surface area contributed by atoms with Gasteiger partial charge in [-0.05, 0) is 41.6 Å². The molecule has 2 N–H and O–H groups in total. The quantitative estimate of drug-likeness (QED) is 0.727. The molecule has 4 rings (SSSR count). The number of nitrogens with one attached hydrogen (secondary N) is 2. The summed E-state index contributed by atoms with van der Waals surface area (Å²) in [6, 6.07) is 8.85. The van der Waals surface area contributed by atoms with Gasteiger partial charge in [0.2, 0.25) is 5.91 Å². The number of fused-ring (bicyclic) bond motifs is 1. The van der Waals surface area contributed by atoms with Crippen molar-refractivity contribution in [2.75, 3.05) is 14.2 Å². The van der Waals surface area contributed by atoms with Gasteiger partial charge in [0.15, 0.2) is 17.0 Å². The Morgan fingerprint density at radius 2 is 2.00 bits per heavy atom. The van der Waals surface area contributed by atoms with Crippen molar-refractivity contribution < 1.29 is 19.1 Å². The third kappa shape index (κ3) is 3.60. The summed E-state index contributed by atoms with van der Waals surface area (Å²) in [6.07, 6.45) is 2.27. The van der Waals surface area contributed by atoms with Crippen LogP contribution in [0.15, 0.2) is 40.6 Å². The zero-order valence-electron chi connectivity index (χ0n) is 15.3. The number of thioether (sulfide) groups is 1. The zero-order chi connectivity index (χ0) is 19.7. The second-order valence-electron chi connectivity index (χ2n) is 6.25. The number of hydrogen-bond donors (Lipinski definition) is 2. The van der Waals surface area contributed by atoms with Crippen LogP contribution in [0.5, 0.6) is 11.5 Å². The number of benzene rings is 1. The van der Waals surface area contributed by atoms with Gasteiger partial charge in [-0.1, -0.05) is 23.9 Å². The summed E-state index contributed by atoms with van der Waals surface area (Å²) < 4.78 is 10.6. The molecule has 28 heavy (non-hydrogen) atoms. The van der Waals surface area contributed by atoms with Crippen molar-refractivity contribution >= 4 is 41.0 Å². The van der Waals surface area contributed by atoms with Crippen LogP contribution in [0.25, 0.3) is 6.08 Å². The smallest absolute Gasteiger partial charge is 0.277 e. The van der Waals surface area contributed by atoms with E-state index in [0.717, 1.165) is 10.4 Å². The summed E-state index contributed by atoms with van der Waals surface area (Å²) in [5.74, 6) is 0.944. The molecule has 9 heteroatoms. The summed E-state index contributed by atoms with van der Waals surface area (Å²) in [6.45, 7) is 0. The van der Waals surface area contributed by atoms with E-state index in [9.17, 15) is 9.59 Å². The van der Waals surface area contributed by atoms with Gasteiger partial charge >= 0.3 is 0 Å². The van der Waals surface area contributed by atoms with E-state index in [1.807, 2.05) is 35.7 Å². The zero-order valence-corrected chi connectivity index (χ0v) is 16.9. The molecule has 2 amide bonds. The van der Waals surface area contributed by atoms with Crippen molar-refractivity contribution in [3.63, 3.8) is 0 Å². The van der Waals surface area contributed by atoms with E-state index < -0.39 is 11.5 Å². The number of methoxy groups -OCH3 is 2. The Bertz CT molecular complexity index is 929. The SMILES string of the molecule is COc1ccc(CC2NN3C(=O)/C(=C/c4cccs4)SC3NC2=O)cc1OC. The Morgan fingerprint density at radius 3 is 2.71 bits per heavy atom. The minimum atomic E-state index is -0.556. The van der Waals surface area contributed by atoms with Crippen LogP contribution in [0.2, 0.25) is 0 Å². The number of hydrazine groups is 1. The molecule has 0 radical (unpaired) electrons. The summed E-state index contributed by atoms with van der Waals surface area (Å²) >= 11 is 2.90. The van der Waals surface area contributed by atoms with E-state index in [-0.39, 0.29) is 11.8 Å². The molecular weight excluding hydrogens is 398 g/mol. The lowest BCUT2D eigenvalue weighted by molar-refractivity contribution is -0.139. The largest absolute Gasteiger partial charge is 0.493 e. The van der Waals surface area contributed by atoms with Crippen LogP contribution in [0, 0.1) is 0 Å². The van der Waals surface area contributed by atoms with E-state index in [2.05, 4.69) is 10.7 Å². The highest BCUT2D eigenvalue weighted by Crippen LogP contribution is 2.36. The van der Waals surface area contributed by atoms with Crippen LogP contribution in [0.3, 0.4) is 0 Å². The van der Waals surface area contributed by atoms with Gasteiger partial charge in [-0.3, -0.25) is 9.59 Å². The van der Waals surface area contributed by atoms with Gasteiger partial charge in [0.05, 0.1) is 19.1 Å². The van der Waals surface area contributed by atoms with E-state index in [4.69, 9.17) is 9.47 Å². The Hall–Kier alpha value is -2.49. The number of ether oxygens (including phenoxy) is 2. The molecule has 0 bridgehead atoms. The average molecular weight is 418 g/mol. The molecule has 2 atom stereocenters. The van der Waals surface area contributed by atoms with Crippen molar-refractivity contribution in [3.05, 3.63) is 51.1 Å². The molecule has 1 aromatic carbocycles. The van der Waals surface area contributed by atoms with Gasteiger partial charge < -0.3 is 14.8 Å². The monoisotopic (exact) mass is 417 g/mol. The van der Waals surface area contributed by atoms with E-state index in [1.54, 1.807) is 31.6 Å². The minimum Gasteiger partial charge on any atom is -0.493 e. The van der Waals surface area contributed by atoms with E-state index >= 15 is 0 Å². The van der Waals surface area contributed by atoms with Gasteiger partial charge in [0, 0.05) is 4.88 Å². The summed E-state index contributed by atoms with van der Waals surface area (Å²) in [5.41, 5.74) is 3.54. The highest BCUT2D eigenvalue weighted by Gasteiger charge is 2.43. The fourth-order valence-corrected chi connectivity index (χ4v) is 4.90. The first-order valence-electron chi connectivity index (χ1n) is 8.62. The second kappa shape index (κ2) is 7.86. The van der Waals surface area contributed by atoms with Crippen molar-refractivity contribution in [3.8, 4) is 11.5 Å². The van der Waals surface area contributed by atoms with Crippen LogP contribution in [0.1, 0.15) is 10.4 Å². The molecule has 2 aromatic rings. The third-order valence-electron chi connectivity index (χ3n) is 4.48. The number of nitrogens with zero attached hydrogens (tertiary/aromatic N) is 1. The maximum Gasteiger partial charge on any atom is 0.277 e. The first-order valence-corrected chi connectivity index (χ1v) is 10.4. The molecule has 7 nitrogen and oxygen atoms in total. The van der Waals surface area contributed by atoms with Crippen LogP contribution < -0.4 is 20.2 Å². The van der Waals surface area contributed by atoms with Gasteiger partial charge in [-0.2, -0.15) is 0 Å². The normalized spacial score (nSPS) is 22.9. The predicted octanol–water partition coefficient (Wildman–Crippen LogP) is 2.21. The van der Waals surface area contributed by atoms with Gasteiger partial charge in [0.1, 0.15) is 6.04 Å². The van der Waals surface area contributed by atoms with Crippen molar-refractivity contribution in [1.82, 2.24) is 15.8 Å². The van der Waals surface area contributed by atoms with Crippen molar-refractivity contribution in [2.24, 2.45) is 0 Å². The van der Waals surface area contributed by atoms with Gasteiger partial charge in [-0.25, -0.2) is 10.4 Å². The lowest BCUT2D eigenvalue weighted by Crippen LogP contribution is -2.65. The third-order valence-corrected chi connectivity index (χ3v) is 6.40. The molecule has 146 valence electrons. The standard InChI is InChI=1S/C19H19N3O4S2/c1-25-14-6-5-11(9-15(14)26-2)8-13-17(23)20-19-22(21-13)18(24)16(28-19)10-12-4-3-7-27-12/h3-7,9-10,13,19,21H,8H2,1-2H3,(H,20,23)/b16-10-. The Morgan fingerprint density at radius 1 is 1.18 bits per heavy atom. The number of carbonyl (C=O) groups excluding carboxylic acids is 2. The fourth-order valence-electron chi connectivity index (χ4n) is 3.10. The fraction of sp³-hybridized carbons (Fsp3) is 0.263. The number of hydrogen-bond acceptors (Lipinski definition) is 7. The first-order chi connectivity index (χ1) is 13.6.